The lowest BCUT2D eigenvalue weighted by Gasteiger charge is -2.12. The van der Waals surface area contributed by atoms with E-state index in [9.17, 15) is 18.0 Å². The van der Waals surface area contributed by atoms with Gasteiger partial charge in [0, 0.05) is 6.26 Å². The van der Waals surface area contributed by atoms with Gasteiger partial charge in [-0.05, 0) is 12.1 Å². The molecule has 0 heterocycles. The van der Waals surface area contributed by atoms with Crippen LogP contribution in [0.3, 0.4) is 0 Å². The number of para-hydroxylation sites is 1. The average Bonchev–Trinajstić information content (AvgIpc) is 2.27. The van der Waals surface area contributed by atoms with Crippen molar-refractivity contribution in [2.45, 2.75) is 17.4 Å². The second kappa shape index (κ2) is 5.81. The van der Waals surface area contributed by atoms with E-state index in [1.54, 1.807) is 6.07 Å². The molecule has 4 N–H and O–H groups in total. The predicted molar refractivity (Wildman–Crippen MR) is 68.4 cm³/mol. The molecule has 0 aliphatic carbocycles. The Balaban J connectivity index is 2.95. The highest BCUT2D eigenvalue weighted by molar-refractivity contribution is 7.90. The van der Waals surface area contributed by atoms with Crippen LogP contribution in [0.5, 0.6) is 0 Å². The van der Waals surface area contributed by atoms with E-state index in [4.69, 9.17) is 10.8 Å². The molecule has 1 atom stereocenters. The molecule has 0 saturated carbocycles. The third-order valence-electron chi connectivity index (χ3n) is 2.28. The summed E-state index contributed by atoms with van der Waals surface area (Å²) in [5, 5.41) is 10.8. The number of benzene rings is 1. The molecular weight excluding hydrogens is 272 g/mol. The van der Waals surface area contributed by atoms with Gasteiger partial charge >= 0.3 is 5.97 Å². The number of carboxylic acids is 1. The number of anilines is 1. The van der Waals surface area contributed by atoms with Crippen LogP contribution in [0.4, 0.5) is 5.69 Å². The van der Waals surface area contributed by atoms with Crippen molar-refractivity contribution in [2.24, 2.45) is 5.73 Å². The summed E-state index contributed by atoms with van der Waals surface area (Å²) in [6.45, 7) is 0. The number of amides is 1. The van der Waals surface area contributed by atoms with Crippen LogP contribution in [0.1, 0.15) is 6.42 Å². The van der Waals surface area contributed by atoms with E-state index in [1.807, 2.05) is 0 Å². The minimum atomic E-state index is -3.50. The smallest absolute Gasteiger partial charge is 0.305 e. The van der Waals surface area contributed by atoms with Gasteiger partial charge in [0.2, 0.25) is 5.91 Å². The zero-order chi connectivity index (χ0) is 14.6. The number of carboxylic acid groups (broad SMARTS) is 1. The quantitative estimate of drug-likeness (QED) is 0.689. The number of hydrogen-bond acceptors (Lipinski definition) is 5. The first-order chi connectivity index (χ1) is 8.71. The van der Waals surface area contributed by atoms with Crippen molar-refractivity contribution in [1.82, 2.24) is 0 Å². The van der Waals surface area contributed by atoms with Crippen LogP contribution in [-0.2, 0) is 19.4 Å². The van der Waals surface area contributed by atoms with E-state index >= 15 is 0 Å². The van der Waals surface area contributed by atoms with Gasteiger partial charge in [-0.2, -0.15) is 0 Å². The predicted octanol–water partition coefficient (Wildman–Crippen LogP) is -0.169. The summed E-state index contributed by atoms with van der Waals surface area (Å²) in [7, 11) is -3.50. The van der Waals surface area contributed by atoms with Gasteiger partial charge in [-0.1, -0.05) is 12.1 Å². The fourth-order valence-electron chi connectivity index (χ4n) is 1.40. The molecule has 1 amide bonds. The van der Waals surface area contributed by atoms with Crippen molar-refractivity contribution < 1.29 is 23.1 Å². The summed E-state index contributed by atoms with van der Waals surface area (Å²) in [6, 6.07) is 4.57. The average molecular weight is 286 g/mol. The Bertz CT molecular complexity index is 597. The molecule has 0 radical (unpaired) electrons. The molecule has 1 rings (SSSR count). The monoisotopic (exact) mass is 286 g/mol. The zero-order valence-electron chi connectivity index (χ0n) is 10.2. The third kappa shape index (κ3) is 4.34. The summed E-state index contributed by atoms with van der Waals surface area (Å²) in [6.07, 6.45) is 0.474. The Morgan fingerprint density at radius 2 is 1.95 bits per heavy atom. The largest absolute Gasteiger partial charge is 0.481 e. The highest BCUT2D eigenvalue weighted by Gasteiger charge is 2.20. The van der Waals surface area contributed by atoms with Crippen molar-refractivity contribution >= 4 is 27.4 Å². The van der Waals surface area contributed by atoms with E-state index in [1.165, 1.54) is 18.2 Å². The Labute approximate surface area is 110 Å². The highest BCUT2D eigenvalue weighted by Crippen LogP contribution is 2.20. The number of carbonyl (C=O) groups excluding carboxylic acids is 1. The number of carbonyl (C=O) groups is 2. The lowest BCUT2D eigenvalue weighted by atomic mass is 10.2. The van der Waals surface area contributed by atoms with Crippen molar-refractivity contribution in [3.05, 3.63) is 24.3 Å². The van der Waals surface area contributed by atoms with Crippen LogP contribution >= 0.6 is 0 Å². The maximum absolute atomic E-state index is 11.6. The zero-order valence-corrected chi connectivity index (χ0v) is 11.0. The molecule has 1 unspecified atom stereocenters. The molecule has 0 aliphatic rings. The van der Waals surface area contributed by atoms with Crippen LogP contribution < -0.4 is 11.1 Å². The Kier molecular flexibility index (Phi) is 4.62. The highest BCUT2D eigenvalue weighted by atomic mass is 32.2. The van der Waals surface area contributed by atoms with Crippen molar-refractivity contribution in [3.8, 4) is 0 Å². The number of nitrogens with one attached hydrogen (secondary N) is 1. The van der Waals surface area contributed by atoms with Gasteiger partial charge in [-0.15, -0.1) is 0 Å². The van der Waals surface area contributed by atoms with E-state index < -0.39 is 34.2 Å². The topological polar surface area (TPSA) is 127 Å². The first-order valence-electron chi connectivity index (χ1n) is 5.29. The molecule has 0 fully saturated rings. The number of sulfone groups is 1. The summed E-state index contributed by atoms with van der Waals surface area (Å²) in [5.41, 5.74) is 5.46. The maximum atomic E-state index is 11.6. The van der Waals surface area contributed by atoms with Crippen LogP contribution in [-0.4, -0.2) is 37.7 Å². The molecule has 1 aromatic carbocycles. The van der Waals surface area contributed by atoms with E-state index in [-0.39, 0.29) is 10.6 Å². The van der Waals surface area contributed by atoms with Crippen LogP contribution in [0.15, 0.2) is 29.2 Å². The summed E-state index contributed by atoms with van der Waals surface area (Å²) in [5.74, 6) is -1.96. The van der Waals surface area contributed by atoms with Crippen LogP contribution in [0, 0.1) is 0 Å². The SMILES string of the molecule is CS(=O)(=O)c1ccccc1NC(=O)C(N)CC(=O)O. The van der Waals surface area contributed by atoms with Crippen molar-refractivity contribution in [3.63, 3.8) is 0 Å². The van der Waals surface area contributed by atoms with Gasteiger partial charge in [0.05, 0.1) is 23.0 Å². The Hall–Kier alpha value is -1.93. The molecule has 0 bridgehead atoms. The van der Waals surface area contributed by atoms with Crippen LogP contribution in [0.2, 0.25) is 0 Å². The van der Waals surface area contributed by atoms with Gasteiger partial charge in [0.15, 0.2) is 9.84 Å². The molecule has 0 spiro atoms. The standard InChI is InChI=1S/C11H14N2O5S/c1-19(17,18)9-5-3-2-4-8(9)13-11(16)7(12)6-10(14)15/h2-5,7H,6,12H2,1H3,(H,13,16)(H,14,15). The molecule has 7 nitrogen and oxygen atoms in total. The molecule has 0 aromatic heterocycles. The fourth-order valence-corrected chi connectivity index (χ4v) is 2.24. The lowest BCUT2D eigenvalue weighted by molar-refractivity contribution is -0.138. The second-order valence-electron chi connectivity index (χ2n) is 3.96. The Morgan fingerprint density at radius 1 is 1.37 bits per heavy atom. The third-order valence-corrected chi connectivity index (χ3v) is 3.43. The first-order valence-corrected chi connectivity index (χ1v) is 7.18. The van der Waals surface area contributed by atoms with E-state index in [0.717, 1.165) is 6.26 Å². The van der Waals surface area contributed by atoms with Gasteiger partial charge < -0.3 is 16.2 Å². The molecule has 1 aromatic rings. The second-order valence-corrected chi connectivity index (χ2v) is 5.95. The molecule has 8 heteroatoms. The van der Waals surface area contributed by atoms with Gasteiger partial charge in [0.25, 0.3) is 0 Å². The van der Waals surface area contributed by atoms with Gasteiger partial charge in [-0.25, -0.2) is 8.42 Å². The summed E-state index contributed by atoms with van der Waals surface area (Å²) in [4.78, 5) is 22.0. The van der Waals surface area contributed by atoms with E-state index in [0.29, 0.717) is 0 Å². The number of aliphatic carboxylic acids is 1. The molecule has 0 aliphatic heterocycles. The number of hydrogen-bond donors (Lipinski definition) is 3. The minimum absolute atomic E-state index is 0.0501. The van der Waals surface area contributed by atoms with Crippen molar-refractivity contribution in [1.29, 1.82) is 0 Å². The normalized spacial score (nSPS) is 12.7. The van der Waals surface area contributed by atoms with Gasteiger partial charge in [0.1, 0.15) is 0 Å². The van der Waals surface area contributed by atoms with E-state index in [2.05, 4.69) is 5.32 Å². The number of nitrogens with two attached hydrogens (primary N) is 1. The molecule has 0 saturated heterocycles. The fraction of sp³-hybridized carbons (Fsp3) is 0.273. The minimum Gasteiger partial charge on any atom is -0.481 e. The van der Waals surface area contributed by atoms with Crippen LogP contribution in [0.25, 0.3) is 0 Å². The summed E-state index contributed by atoms with van der Waals surface area (Å²) >= 11 is 0. The van der Waals surface area contributed by atoms with Gasteiger partial charge in [-0.3, -0.25) is 9.59 Å². The summed E-state index contributed by atoms with van der Waals surface area (Å²) < 4.78 is 23.0. The first kappa shape index (κ1) is 15.1. The maximum Gasteiger partial charge on any atom is 0.305 e. The molecular formula is C11H14N2O5S. The lowest BCUT2D eigenvalue weighted by Crippen LogP contribution is -2.37. The number of rotatable bonds is 5. The molecule has 19 heavy (non-hydrogen) atoms. The Morgan fingerprint density at radius 3 is 2.47 bits per heavy atom. The van der Waals surface area contributed by atoms with Crippen molar-refractivity contribution in [2.75, 3.05) is 11.6 Å². The molecule has 104 valence electrons.